The van der Waals surface area contributed by atoms with Gasteiger partial charge in [-0.05, 0) is 19.3 Å². The molecule has 76 valence electrons. The molecule has 0 aromatic rings. The number of unbranched alkanes of at least 4 members (excludes halogenated alkanes) is 2. The Labute approximate surface area is 80.2 Å². The average Bonchev–Trinajstić information content (AvgIpc) is 2.54. The Morgan fingerprint density at radius 1 is 1.46 bits per heavy atom. The van der Waals surface area contributed by atoms with Crippen LogP contribution >= 0.6 is 0 Å². The van der Waals surface area contributed by atoms with Crippen molar-refractivity contribution in [1.29, 1.82) is 0 Å². The van der Waals surface area contributed by atoms with Crippen molar-refractivity contribution in [3.05, 3.63) is 0 Å². The first kappa shape index (κ1) is 10.5. The normalized spacial score (nSPS) is 28.7. The van der Waals surface area contributed by atoms with Crippen LogP contribution in [0.2, 0.25) is 0 Å². The molecule has 0 saturated carbocycles. The van der Waals surface area contributed by atoms with Crippen molar-refractivity contribution in [2.75, 3.05) is 0 Å². The van der Waals surface area contributed by atoms with Gasteiger partial charge in [-0.15, -0.1) is 5.16 Å². The zero-order valence-electron chi connectivity index (χ0n) is 8.37. The van der Waals surface area contributed by atoms with Crippen molar-refractivity contribution in [3.63, 3.8) is 0 Å². The molecule has 1 fully saturated rings. The molecule has 1 rings (SSSR count). The Bertz CT molecular complexity index is 159. The van der Waals surface area contributed by atoms with Crippen molar-refractivity contribution in [1.82, 2.24) is 5.32 Å². The minimum atomic E-state index is 0.302. The highest BCUT2D eigenvalue weighted by Gasteiger charge is 2.21. The maximum atomic E-state index is 8.36. The Balaban J connectivity index is 2.10. The summed E-state index contributed by atoms with van der Waals surface area (Å²) in [4.78, 5) is 0. The molecule has 1 aliphatic heterocycles. The second kappa shape index (κ2) is 5.97. The van der Waals surface area contributed by atoms with Crippen LogP contribution in [0.15, 0.2) is 5.16 Å². The van der Waals surface area contributed by atoms with Crippen LogP contribution in [0.4, 0.5) is 0 Å². The van der Waals surface area contributed by atoms with Crippen LogP contribution in [0.3, 0.4) is 0 Å². The molecule has 0 radical (unpaired) electrons. The van der Waals surface area contributed by atoms with Crippen molar-refractivity contribution >= 4 is 6.21 Å². The van der Waals surface area contributed by atoms with E-state index in [0.29, 0.717) is 12.1 Å². The first-order chi connectivity index (χ1) is 6.36. The van der Waals surface area contributed by atoms with Gasteiger partial charge in [0.25, 0.3) is 0 Å². The molecule has 0 spiro atoms. The standard InChI is InChI=1S/C10H20N2O/c1-2-3-4-5-9-6-7-10(12-9)8-11-13/h8-10,12-13H,2-7H2,1H3/b11-8-. The smallest absolute Gasteiger partial charge is 0.0605 e. The SMILES string of the molecule is CCCCCC1CCC(/C=N\O)N1. The molecule has 0 amide bonds. The molecule has 2 unspecified atom stereocenters. The molecule has 0 bridgehead atoms. The molecule has 1 heterocycles. The Morgan fingerprint density at radius 2 is 2.31 bits per heavy atom. The zero-order valence-corrected chi connectivity index (χ0v) is 8.37. The number of nitrogens with one attached hydrogen (secondary N) is 1. The van der Waals surface area contributed by atoms with Gasteiger partial charge < -0.3 is 10.5 Å². The minimum Gasteiger partial charge on any atom is -0.411 e. The van der Waals surface area contributed by atoms with Gasteiger partial charge in [-0.3, -0.25) is 0 Å². The highest BCUT2D eigenvalue weighted by molar-refractivity contribution is 5.64. The van der Waals surface area contributed by atoms with Gasteiger partial charge in [0.2, 0.25) is 0 Å². The highest BCUT2D eigenvalue weighted by atomic mass is 16.4. The van der Waals surface area contributed by atoms with E-state index in [2.05, 4.69) is 17.4 Å². The maximum Gasteiger partial charge on any atom is 0.0605 e. The summed E-state index contributed by atoms with van der Waals surface area (Å²) < 4.78 is 0. The predicted molar refractivity (Wildman–Crippen MR) is 54.4 cm³/mol. The fourth-order valence-electron chi connectivity index (χ4n) is 1.92. The molecule has 0 aromatic carbocycles. The van der Waals surface area contributed by atoms with Crippen LogP contribution in [-0.2, 0) is 0 Å². The largest absolute Gasteiger partial charge is 0.411 e. The summed E-state index contributed by atoms with van der Waals surface area (Å²) in [5.41, 5.74) is 0. The molecular formula is C10H20N2O. The van der Waals surface area contributed by atoms with Gasteiger partial charge in [-0.2, -0.15) is 0 Å². The van der Waals surface area contributed by atoms with E-state index in [1.165, 1.54) is 32.1 Å². The zero-order chi connectivity index (χ0) is 9.52. The third kappa shape index (κ3) is 3.77. The molecular weight excluding hydrogens is 164 g/mol. The van der Waals surface area contributed by atoms with Gasteiger partial charge >= 0.3 is 0 Å². The minimum absolute atomic E-state index is 0.302. The predicted octanol–water partition coefficient (Wildman–Crippen LogP) is 2.15. The number of oxime groups is 1. The molecule has 3 nitrogen and oxygen atoms in total. The second-order valence-corrected chi connectivity index (χ2v) is 3.81. The van der Waals surface area contributed by atoms with Crippen LogP contribution in [0.25, 0.3) is 0 Å². The molecule has 1 saturated heterocycles. The molecule has 3 heteroatoms. The molecule has 2 atom stereocenters. The third-order valence-electron chi connectivity index (χ3n) is 2.68. The summed E-state index contributed by atoms with van der Waals surface area (Å²) in [6.07, 6.45) is 9.13. The van der Waals surface area contributed by atoms with Gasteiger partial charge in [-0.25, -0.2) is 0 Å². The van der Waals surface area contributed by atoms with E-state index in [1.54, 1.807) is 6.21 Å². The maximum absolute atomic E-state index is 8.36. The van der Waals surface area contributed by atoms with Crippen LogP contribution < -0.4 is 5.32 Å². The summed E-state index contributed by atoms with van der Waals surface area (Å²) in [7, 11) is 0. The Morgan fingerprint density at radius 3 is 3.00 bits per heavy atom. The first-order valence-electron chi connectivity index (χ1n) is 5.30. The van der Waals surface area contributed by atoms with Crippen LogP contribution in [-0.4, -0.2) is 23.5 Å². The number of hydrogen-bond donors (Lipinski definition) is 2. The molecule has 1 aliphatic rings. The van der Waals surface area contributed by atoms with Gasteiger partial charge in [0.15, 0.2) is 0 Å². The Kier molecular flexibility index (Phi) is 4.83. The second-order valence-electron chi connectivity index (χ2n) is 3.81. The molecule has 13 heavy (non-hydrogen) atoms. The van der Waals surface area contributed by atoms with Crippen molar-refractivity contribution in [2.45, 2.75) is 57.5 Å². The molecule has 0 aromatic heterocycles. The van der Waals surface area contributed by atoms with Gasteiger partial charge in [0.05, 0.1) is 6.21 Å². The van der Waals surface area contributed by atoms with Gasteiger partial charge in [0.1, 0.15) is 0 Å². The van der Waals surface area contributed by atoms with E-state index < -0.39 is 0 Å². The lowest BCUT2D eigenvalue weighted by atomic mass is 10.1. The summed E-state index contributed by atoms with van der Waals surface area (Å²) in [5, 5.41) is 14.9. The van der Waals surface area contributed by atoms with Gasteiger partial charge in [0, 0.05) is 12.1 Å². The van der Waals surface area contributed by atoms with E-state index in [0.717, 1.165) is 6.42 Å². The van der Waals surface area contributed by atoms with Crippen LogP contribution in [0.1, 0.15) is 45.4 Å². The monoisotopic (exact) mass is 184 g/mol. The van der Waals surface area contributed by atoms with Crippen LogP contribution in [0, 0.1) is 0 Å². The van der Waals surface area contributed by atoms with E-state index >= 15 is 0 Å². The molecule has 0 aliphatic carbocycles. The van der Waals surface area contributed by atoms with Crippen LogP contribution in [0.5, 0.6) is 0 Å². The molecule has 2 N–H and O–H groups in total. The average molecular weight is 184 g/mol. The van der Waals surface area contributed by atoms with E-state index in [4.69, 9.17) is 5.21 Å². The quantitative estimate of drug-likeness (QED) is 0.297. The number of rotatable bonds is 5. The lowest BCUT2D eigenvalue weighted by Crippen LogP contribution is -2.30. The van der Waals surface area contributed by atoms with E-state index in [-0.39, 0.29) is 0 Å². The van der Waals surface area contributed by atoms with Crippen molar-refractivity contribution in [2.24, 2.45) is 5.16 Å². The van der Waals surface area contributed by atoms with E-state index in [1.807, 2.05) is 0 Å². The van der Waals surface area contributed by atoms with Crippen molar-refractivity contribution in [3.8, 4) is 0 Å². The van der Waals surface area contributed by atoms with Gasteiger partial charge in [-0.1, -0.05) is 26.2 Å². The lowest BCUT2D eigenvalue weighted by Gasteiger charge is -2.10. The fraction of sp³-hybridized carbons (Fsp3) is 0.900. The topological polar surface area (TPSA) is 44.6 Å². The van der Waals surface area contributed by atoms with Crippen molar-refractivity contribution < 1.29 is 5.21 Å². The highest BCUT2D eigenvalue weighted by Crippen LogP contribution is 2.16. The summed E-state index contributed by atoms with van der Waals surface area (Å²) >= 11 is 0. The summed E-state index contributed by atoms with van der Waals surface area (Å²) in [5.74, 6) is 0. The summed E-state index contributed by atoms with van der Waals surface area (Å²) in [6.45, 7) is 2.23. The third-order valence-corrected chi connectivity index (χ3v) is 2.68. The lowest BCUT2D eigenvalue weighted by molar-refractivity contribution is 0.319. The Hall–Kier alpha value is -0.570. The van der Waals surface area contributed by atoms with E-state index in [9.17, 15) is 0 Å². The fourth-order valence-corrected chi connectivity index (χ4v) is 1.92. The number of nitrogens with zero attached hydrogens (tertiary/aromatic N) is 1. The number of hydrogen-bond acceptors (Lipinski definition) is 3. The first-order valence-corrected chi connectivity index (χ1v) is 5.30. The summed E-state index contributed by atoms with van der Waals surface area (Å²) in [6, 6.07) is 0.950.